The lowest BCUT2D eigenvalue weighted by Crippen LogP contribution is -2.30. The maximum Gasteiger partial charge on any atom is 0.258 e. The fourth-order valence-electron chi connectivity index (χ4n) is 3.95. The predicted molar refractivity (Wildman–Crippen MR) is 138 cm³/mol. The molecule has 4 rings (SSSR count). The second-order valence-electron chi connectivity index (χ2n) is 10.7. The normalized spacial score (nSPS) is 14.4. The Morgan fingerprint density at radius 3 is 2.50 bits per heavy atom. The molecule has 0 saturated heterocycles. The molecular weight excluding hydrogens is 446 g/mol. The molecule has 0 atom stereocenters. The minimum absolute atomic E-state index is 0.0119. The van der Waals surface area contributed by atoms with Crippen molar-refractivity contribution in [1.29, 1.82) is 0 Å². The van der Waals surface area contributed by atoms with Gasteiger partial charge >= 0.3 is 0 Å². The Hall–Kier alpha value is -2.51. The van der Waals surface area contributed by atoms with Crippen molar-refractivity contribution < 1.29 is 14.6 Å². The molecule has 3 aromatic rings. The van der Waals surface area contributed by atoms with Crippen LogP contribution in [-0.2, 0) is 17.8 Å². The molecule has 0 radical (unpaired) electrons. The highest BCUT2D eigenvalue weighted by Crippen LogP contribution is 2.43. The van der Waals surface area contributed by atoms with Crippen LogP contribution in [0, 0.1) is 0 Å². The molecule has 1 aliphatic rings. The summed E-state index contributed by atoms with van der Waals surface area (Å²) in [5.41, 5.74) is 2.46. The minimum Gasteiger partial charge on any atom is -0.484 e. The number of aliphatic hydroxyl groups is 1. The average molecular weight is 482 g/mol. The Kier molecular flexibility index (Phi) is 6.97. The Morgan fingerprint density at radius 2 is 1.88 bits per heavy atom. The summed E-state index contributed by atoms with van der Waals surface area (Å²) in [6.07, 6.45) is 6.24. The van der Waals surface area contributed by atoms with Gasteiger partial charge in [-0.2, -0.15) is 0 Å². The molecule has 7 heteroatoms. The van der Waals surface area contributed by atoms with Gasteiger partial charge in [-0.15, -0.1) is 11.8 Å². The Morgan fingerprint density at radius 1 is 1.18 bits per heavy atom. The lowest BCUT2D eigenvalue weighted by atomic mass is 10.0. The first-order valence-corrected chi connectivity index (χ1v) is 12.7. The number of benzene rings is 1. The molecule has 6 nitrogen and oxygen atoms in total. The van der Waals surface area contributed by atoms with Gasteiger partial charge < -0.3 is 19.7 Å². The minimum atomic E-state index is -0.863. The van der Waals surface area contributed by atoms with E-state index in [-0.39, 0.29) is 17.3 Å². The van der Waals surface area contributed by atoms with Crippen LogP contribution in [0.1, 0.15) is 58.7 Å². The fraction of sp³-hybridized carbons (Fsp3) is 0.481. The van der Waals surface area contributed by atoms with E-state index in [1.165, 1.54) is 0 Å². The molecule has 0 spiro atoms. The molecule has 1 saturated carbocycles. The summed E-state index contributed by atoms with van der Waals surface area (Å²) >= 11 is 1.80. The Balaban J connectivity index is 1.76. The van der Waals surface area contributed by atoms with Crippen LogP contribution in [0.3, 0.4) is 0 Å². The van der Waals surface area contributed by atoms with E-state index in [1.54, 1.807) is 24.2 Å². The number of nitrogens with one attached hydrogen (secondary N) is 1. The van der Waals surface area contributed by atoms with Gasteiger partial charge in [0.1, 0.15) is 5.75 Å². The predicted octanol–water partition coefficient (Wildman–Crippen LogP) is 4.95. The first-order chi connectivity index (χ1) is 16.0. The van der Waals surface area contributed by atoms with Gasteiger partial charge in [-0.3, -0.25) is 9.78 Å². The number of thioether (sulfide) groups is 1. The van der Waals surface area contributed by atoms with Gasteiger partial charge in [0.2, 0.25) is 0 Å². The number of aromatic nitrogens is 2. The zero-order valence-corrected chi connectivity index (χ0v) is 21.5. The summed E-state index contributed by atoms with van der Waals surface area (Å²) in [5, 5.41) is 14.8. The van der Waals surface area contributed by atoms with E-state index in [9.17, 15) is 9.90 Å². The van der Waals surface area contributed by atoms with Crippen LogP contribution in [0.4, 0.5) is 0 Å². The van der Waals surface area contributed by atoms with Crippen molar-refractivity contribution >= 4 is 28.6 Å². The highest BCUT2D eigenvalue weighted by Gasteiger charge is 2.27. The van der Waals surface area contributed by atoms with E-state index in [0.717, 1.165) is 39.9 Å². The number of pyridine rings is 1. The van der Waals surface area contributed by atoms with Gasteiger partial charge in [0.25, 0.3) is 5.91 Å². The standard InChI is InChI=1S/C27H35N3O3S/c1-26(2,3)34-25-21-14-20(33-17-24(31)29-19-6-7-19)8-9-22(21)30(23(25)15-27(4,5)32)16-18-10-12-28-13-11-18/h8-14,19,32H,6-7,15-17H2,1-5H3,(H,29,31). The molecule has 34 heavy (non-hydrogen) atoms. The lowest BCUT2D eigenvalue weighted by molar-refractivity contribution is -0.123. The van der Waals surface area contributed by atoms with Crippen molar-refractivity contribution in [2.24, 2.45) is 0 Å². The van der Waals surface area contributed by atoms with Gasteiger partial charge in [0.15, 0.2) is 6.61 Å². The summed E-state index contributed by atoms with van der Waals surface area (Å²) in [7, 11) is 0. The van der Waals surface area contributed by atoms with Crippen molar-refractivity contribution in [1.82, 2.24) is 14.9 Å². The molecule has 1 aliphatic carbocycles. The number of carbonyl (C=O) groups is 1. The van der Waals surface area contributed by atoms with Crippen LogP contribution in [-0.4, -0.2) is 43.6 Å². The SMILES string of the molecule is CC(C)(O)Cc1c(SC(C)(C)C)c2cc(OCC(=O)NC3CC3)ccc2n1Cc1ccncc1. The third kappa shape index (κ3) is 6.54. The maximum atomic E-state index is 12.1. The van der Waals surface area contributed by atoms with Crippen LogP contribution < -0.4 is 10.1 Å². The number of carbonyl (C=O) groups excluding carboxylic acids is 1. The second-order valence-corrected chi connectivity index (χ2v) is 12.6. The zero-order valence-electron chi connectivity index (χ0n) is 20.7. The number of hydrogen-bond acceptors (Lipinski definition) is 5. The summed E-state index contributed by atoms with van der Waals surface area (Å²) in [5.74, 6) is 0.593. The molecule has 0 aliphatic heterocycles. The van der Waals surface area contributed by atoms with Gasteiger partial charge in [-0.1, -0.05) is 20.8 Å². The van der Waals surface area contributed by atoms with Crippen LogP contribution >= 0.6 is 11.8 Å². The Bertz CT molecular complexity index is 1160. The number of hydrogen-bond donors (Lipinski definition) is 2. The summed E-state index contributed by atoms with van der Waals surface area (Å²) in [4.78, 5) is 17.4. The number of nitrogens with zero attached hydrogens (tertiary/aromatic N) is 2. The third-order valence-corrected chi connectivity index (χ3v) is 6.77. The van der Waals surface area contributed by atoms with Gasteiger partial charge in [-0.25, -0.2) is 0 Å². The summed E-state index contributed by atoms with van der Waals surface area (Å²) in [6, 6.07) is 10.4. The van der Waals surface area contributed by atoms with Crippen LogP contribution in [0.2, 0.25) is 0 Å². The van der Waals surface area contributed by atoms with Crippen LogP contribution in [0.5, 0.6) is 5.75 Å². The van der Waals surface area contributed by atoms with Gasteiger partial charge in [0, 0.05) is 57.6 Å². The molecule has 0 bridgehead atoms. The molecule has 0 unspecified atom stereocenters. The molecule has 1 amide bonds. The lowest BCUT2D eigenvalue weighted by Gasteiger charge is -2.23. The first kappa shape index (κ1) is 24.6. The van der Waals surface area contributed by atoms with Crippen molar-refractivity contribution in [3.8, 4) is 5.75 Å². The van der Waals surface area contributed by atoms with Crippen molar-refractivity contribution in [3.63, 3.8) is 0 Å². The largest absolute Gasteiger partial charge is 0.484 e. The summed E-state index contributed by atoms with van der Waals surface area (Å²) < 4.78 is 8.14. The molecule has 182 valence electrons. The van der Waals surface area contributed by atoms with Crippen molar-refractivity contribution in [2.45, 2.75) is 81.7 Å². The quantitative estimate of drug-likeness (QED) is 0.423. The number of amides is 1. The topological polar surface area (TPSA) is 76.4 Å². The second kappa shape index (κ2) is 9.62. The van der Waals surface area contributed by atoms with Gasteiger partial charge in [0.05, 0.1) is 5.60 Å². The van der Waals surface area contributed by atoms with Crippen molar-refractivity contribution in [2.75, 3.05) is 6.61 Å². The molecular formula is C27H35N3O3S. The van der Waals surface area contributed by atoms with E-state index in [4.69, 9.17) is 4.74 Å². The third-order valence-electron chi connectivity index (χ3n) is 5.50. The zero-order chi connectivity index (χ0) is 24.5. The van der Waals surface area contributed by atoms with E-state index in [0.29, 0.717) is 24.8 Å². The van der Waals surface area contributed by atoms with Crippen LogP contribution in [0.25, 0.3) is 10.9 Å². The van der Waals surface area contributed by atoms with E-state index < -0.39 is 5.60 Å². The Labute approximate surface area is 206 Å². The number of fused-ring (bicyclic) bond motifs is 1. The van der Waals surface area contributed by atoms with E-state index in [1.807, 2.05) is 38.1 Å². The molecule has 2 N–H and O–H groups in total. The van der Waals surface area contributed by atoms with E-state index in [2.05, 4.69) is 41.7 Å². The van der Waals surface area contributed by atoms with Gasteiger partial charge in [-0.05, 0) is 62.6 Å². The van der Waals surface area contributed by atoms with E-state index >= 15 is 0 Å². The monoisotopic (exact) mass is 481 g/mol. The maximum absolute atomic E-state index is 12.1. The molecule has 2 aromatic heterocycles. The first-order valence-electron chi connectivity index (χ1n) is 11.9. The highest BCUT2D eigenvalue weighted by molar-refractivity contribution is 8.00. The van der Waals surface area contributed by atoms with Crippen molar-refractivity contribution in [3.05, 3.63) is 54.0 Å². The number of rotatable bonds is 9. The molecule has 1 aromatic carbocycles. The summed E-state index contributed by atoms with van der Waals surface area (Å²) in [6.45, 7) is 11.0. The fourth-order valence-corrected chi connectivity index (χ4v) is 5.13. The smallest absolute Gasteiger partial charge is 0.258 e. The average Bonchev–Trinajstić information content (AvgIpc) is 3.52. The molecule has 2 heterocycles. The van der Waals surface area contributed by atoms with Crippen LogP contribution in [0.15, 0.2) is 47.6 Å². The number of ether oxygens (including phenoxy) is 1. The molecule has 1 fully saturated rings. The highest BCUT2D eigenvalue weighted by atomic mass is 32.2.